The van der Waals surface area contributed by atoms with Crippen LogP contribution in [0.5, 0.6) is 0 Å². The maximum absolute atomic E-state index is 11.6. The molecule has 0 radical (unpaired) electrons. The highest BCUT2D eigenvalue weighted by Crippen LogP contribution is 2.12. The van der Waals surface area contributed by atoms with Gasteiger partial charge in [-0.25, -0.2) is 0 Å². The van der Waals surface area contributed by atoms with Gasteiger partial charge in [-0.05, 0) is 18.8 Å². The van der Waals surface area contributed by atoms with Crippen LogP contribution in [-0.2, 0) is 9.59 Å². The summed E-state index contributed by atoms with van der Waals surface area (Å²) in [4.78, 5) is 22.7. The molecule has 0 aromatic carbocycles. The highest BCUT2D eigenvalue weighted by atomic mass is 16.2. The minimum atomic E-state index is -0.120. The van der Waals surface area contributed by atoms with E-state index in [1.54, 1.807) is 0 Å². The number of carbonyl (C=O) groups excluding carboxylic acids is 2. The molecule has 2 amide bonds. The fourth-order valence-electron chi connectivity index (χ4n) is 1.64. The molecule has 0 bridgehead atoms. The van der Waals surface area contributed by atoms with E-state index in [0.29, 0.717) is 25.4 Å². The average molecular weight is 212 g/mol. The number of hydrogen-bond donors (Lipinski definition) is 2. The molecule has 4 heteroatoms. The molecule has 1 saturated heterocycles. The van der Waals surface area contributed by atoms with Crippen molar-refractivity contribution in [3.8, 4) is 0 Å². The van der Waals surface area contributed by atoms with Crippen molar-refractivity contribution in [3.63, 3.8) is 0 Å². The smallest absolute Gasteiger partial charge is 0.223 e. The molecule has 0 spiro atoms. The Morgan fingerprint density at radius 1 is 1.60 bits per heavy atom. The quantitative estimate of drug-likeness (QED) is 0.719. The van der Waals surface area contributed by atoms with E-state index in [1.807, 2.05) is 0 Å². The summed E-state index contributed by atoms with van der Waals surface area (Å²) >= 11 is 0. The number of amides is 2. The Morgan fingerprint density at radius 3 is 2.93 bits per heavy atom. The molecule has 0 aromatic heterocycles. The zero-order valence-electron chi connectivity index (χ0n) is 9.51. The Balaban J connectivity index is 2.24. The number of nitrogens with one attached hydrogen (secondary N) is 2. The van der Waals surface area contributed by atoms with Gasteiger partial charge in [0.2, 0.25) is 11.8 Å². The zero-order valence-corrected chi connectivity index (χ0v) is 9.51. The van der Waals surface area contributed by atoms with Crippen LogP contribution in [0, 0.1) is 11.8 Å². The molecule has 1 rings (SSSR count). The van der Waals surface area contributed by atoms with Crippen LogP contribution < -0.4 is 10.6 Å². The third-order valence-electron chi connectivity index (χ3n) is 2.64. The molecule has 1 aliphatic rings. The van der Waals surface area contributed by atoms with Gasteiger partial charge in [-0.1, -0.05) is 13.8 Å². The van der Waals surface area contributed by atoms with E-state index >= 15 is 0 Å². The van der Waals surface area contributed by atoms with E-state index in [9.17, 15) is 9.59 Å². The molecule has 86 valence electrons. The second kappa shape index (κ2) is 5.73. The summed E-state index contributed by atoms with van der Waals surface area (Å²) in [5.74, 6) is 0.502. The van der Waals surface area contributed by atoms with Gasteiger partial charge in [-0.15, -0.1) is 0 Å². The van der Waals surface area contributed by atoms with Crippen LogP contribution in [-0.4, -0.2) is 24.9 Å². The molecule has 1 atom stereocenters. The van der Waals surface area contributed by atoms with Gasteiger partial charge in [-0.2, -0.15) is 0 Å². The van der Waals surface area contributed by atoms with Crippen LogP contribution >= 0.6 is 0 Å². The van der Waals surface area contributed by atoms with E-state index in [-0.39, 0.29) is 17.7 Å². The Morgan fingerprint density at radius 2 is 2.33 bits per heavy atom. The summed E-state index contributed by atoms with van der Waals surface area (Å²) in [5.41, 5.74) is 0. The summed E-state index contributed by atoms with van der Waals surface area (Å²) in [6.45, 7) is 5.59. The SMILES string of the molecule is CC(C)CCNC(=O)C1CCNC(=O)C1. The van der Waals surface area contributed by atoms with Crippen molar-refractivity contribution in [2.45, 2.75) is 33.1 Å². The van der Waals surface area contributed by atoms with Crippen molar-refractivity contribution in [1.82, 2.24) is 10.6 Å². The maximum Gasteiger partial charge on any atom is 0.223 e. The van der Waals surface area contributed by atoms with Gasteiger partial charge in [0.25, 0.3) is 0 Å². The number of piperidine rings is 1. The maximum atomic E-state index is 11.6. The second-order valence-corrected chi connectivity index (χ2v) is 4.51. The van der Waals surface area contributed by atoms with Crippen LogP contribution in [0.2, 0.25) is 0 Å². The van der Waals surface area contributed by atoms with E-state index in [0.717, 1.165) is 12.8 Å². The molecule has 0 aromatic rings. The predicted octanol–water partition coefficient (Wildman–Crippen LogP) is 0.675. The Hall–Kier alpha value is -1.06. The van der Waals surface area contributed by atoms with Crippen molar-refractivity contribution in [1.29, 1.82) is 0 Å². The van der Waals surface area contributed by atoms with Gasteiger partial charge >= 0.3 is 0 Å². The summed E-state index contributed by atoms with van der Waals surface area (Å²) in [7, 11) is 0. The summed E-state index contributed by atoms with van der Waals surface area (Å²) < 4.78 is 0. The number of hydrogen-bond acceptors (Lipinski definition) is 2. The van der Waals surface area contributed by atoms with E-state index in [2.05, 4.69) is 24.5 Å². The van der Waals surface area contributed by atoms with E-state index in [1.165, 1.54) is 0 Å². The minimum Gasteiger partial charge on any atom is -0.356 e. The Bertz CT molecular complexity index is 239. The average Bonchev–Trinajstić information content (AvgIpc) is 2.17. The normalized spacial score (nSPS) is 21.3. The molecular weight excluding hydrogens is 192 g/mol. The van der Waals surface area contributed by atoms with Crippen molar-refractivity contribution in [2.24, 2.45) is 11.8 Å². The molecule has 1 unspecified atom stereocenters. The topological polar surface area (TPSA) is 58.2 Å². The van der Waals surface area contributed by atoms with Crippen LogP contribution in [0.4, 0.5) is 0 Å². The first-order valence-electron chi connectivity index (χ1n) is 5.64. The fraction of sp³-hybridized carbons (Fsp3) is 0.818. The Kier molecular flexibility index (Phi) is 4.59. The van der Waals surface area contributed by atoms with Gasteiger partial charge in [0.15, 0.2) is 0 Å². The molecule has 4 nitrogen and oxygen atoms in total. The van der Waals surface area contributed by atoms with E-state index in [4.69, 9.17) is 0 Å². The molecular formula is C11H20N2O2. The van der Waals surface area contributed by atoms with Gasteiger partial charge in [0, 0.05) is 25.4 Å². The monoisotopic (exact) mass is 212 g/mol. The molecule has 1 heterocycles. The van der Waals surface area contributed by atoms with E-state index < -0.39 is 0 Å². The molecule has 0 saturated carbocycles. The molecule has 2 N–H and O–H groups in total. The van der Waals surface area contributed by atoms with Crippen molar-refractivity contribution < 1.29 is 9.59 Å². The summed E-state index contributed by atoms with van der Waals surface area (Å²) in [6.07, 6.45) is 2.09. The molecule has 1 fully saturated rings. The first-order chi connectivity index (χ1) is 7.09. The van der Waals surface area contributed by atoms with Crippen molar-refractivity contribution in [3.05, 3.63) is 0 Å². The Labute approximate surface area is 90.8 Å². The second-order valence-electron chi connectivity index (χ2n) is 4.51. The third-order valence-corrected chi connectivity index (χ3v) is 2.64. The standard InChI is InChI=1S/C11H20N2O2/c1-8(2)3-5-13-11(15)9-4-6-12-10(14)7-9/h8-9H,3-7H2,1-2H3,(H,12,14)(H,13,15). The fourth-order valence-corrected chi connectivity index (χ4v) is 1.64. The van der Waals surface area contributed by atoms with Crippen LogP contribution in [0.3, 0.4) is 0 Å². The lowest BCUT2D eigenvalue weighted by Gasteiger charge is -2.21. The van der Waals surface area contributed by atoms with Gasteiger partial charge < -0.3 is 10.6 Å². The number of carbonyl (C=O) groups is 2. The molecule has 1 aliphatic heterocycles. The predicted molar refractivity (Wildman–Crippen MR) is 58.2 cm³/mol. The van der Waals surface area contributed by atoms with Crippen LogP contribution in [0.1, 0.15) is 33.1 Å². The first kappa shape index (κ1) is 12.0. The molecule has 15 heavy (non-hydrogen) atoms. The summed E-state index contributed by atoms with van der Waals surface area (Å²) in [5, 5.41) is 5.61. The largest absolute Gasteiger partial charge is 0.356 e. The van der Waals surface area contributed by atoms with Gasteiger partial charge in [0.05, 0.1) is 0 Å². The van der Waals surface area contributed by atoms with Crippen LogP contribution in [0.15, 0.2) is 0 Å². The highest BCUT2D eigenvalue weighted by Gasteiger charge is 2.24. The summed E-state index contributed by atoms with van der Waals surface area (Å²) in [6, 6.07) is 0. The van der Waals surface area contributed by atoms with Crippen molar-refractivity contribution in [2.75, 3.05) is 13.1 Å². The third kappa shape index (κ3) is 4.32. The minimum absolute atomic E-state index is 0.00902. The molecule has 0 aliphatic carbocycles. The lowest BCUT2D eigenvalue weighted by atomic mass is 9.96. The zero-order chi connectivity index (χ0) is 11.3. The lowest BCUT2D eigenvalue weighted by Crippen LogP contribution is -2.41. The first-order valence-corrected chi connectivity index (χ1v) is 5.64. The van der Waals surface area contributed by atoms with Gasteiger partial charge in [-0.3, -0.25) is 9.59 Å². The van der Waals surface area contributed by atoms with Crippen LogP contribution in [0.25, 0.3) is 0 Å². The number of rotatable bonds is 4. The van der Waals surface area contributed by atoms with Crippen molar-refractivity contribution >= 4 is 11.8 Å². The highest BCUT2D eigenvalue weighted by molar-refractivity contribution is 5.86. The lowest BCUT2D eigenvalue weighted by molar-refractivity contribution is -0.132. The van der Waals surface area contributed by atoms with Gasteiger partial charge in [0.1, 0.15) is 0 Å².